The molecule has 0 nitrogen and oxygen atoms in total. The van der Waals surface area contributed by atoms with Crippen molar-refractivity contribution in [2.75, 3.05) is 0 Å². The summed E-state index contributed by atoms with van der Waals surface area (Å²) in [5.41, 5.74) is 0. The first-order valence-corrected chi connectivity index (χ1v) is 4.67. The Balaban J connectivity index is 2.12. The summed E-state index contributed by atoms with van der Waals surface area (Å²) in [5, 5.41) is 0. The minimum atomic E-state index is 0.653. The Bertz CT molecular complexity index is 304. The first kappa shape index (κ1) is 6.47. The van der Waals surface area contributed by atoms with Crippen molar-refractivity contribution in [3.05, 3.63) is 48.6 Å². The molecular weight excluding hydrogens is 144 g/mol. The second-order valence-corrected chi connectivity index (χ2v) is 3.85. The molecule has 0 aromatic rings. The van der Waals surface area contributed by atoms with Crippen LogP contribution in [0.3, 0.4) is 0 Å². The van der Waals surface area contributed by atoms with E-state index in [-0.39, 0.29) is 0 Å². The van der Waals surface area contributed by atoms with E-state index in [2.05, 4.69) is 48.6 Å². The maximum absolute atomic E-state index is 2.39. The lowest BCUT2D eigenvalue weighted by Crippen LogP contribution is -2.21. The van der Waals surface area contributed by atoms with Crippen molar-refractivity contribution >= 4 is 0 Å². The molecule has 0 unspecified atom stereocenters. The summed E-state index contributed by atoms with van der Waals surface area (Å²) in [4.78, 5) is 0. The molecule has 0 N–H and O–H groups in total. The van der Waals surface area contributed by atoms with Crippen molar-refractivity contribution in [1.82, 2.24) is 0 Å². The molecule has 0 spiro atoms. The number of allylic oxidation sites excluding steroid dienone is 8. The minimum Gasteiger partial charge on any atom is -0.0833 e. The molecule has 4 bridgehead atoms. The molecule has 0 saturated heterocycles. The normalized spacial score (nSPS) is 46.7. The molecule has 0 atom stereocenters. The Morgan fingerprint density at radius 1 is 0.500 bits per heavy atom. The lowest BCUT2D eigenvalue weighted by molar-refractivity contribution is 0.386. The maximum Gasteiger partial charge on any atom is 0.00187 e. The van der Waals surface area contributed by atoms with Gasteiger partial charge in [-0.05, 0) is 11.8 Å². The van der Waals surface area contributed by atoms with E-state index in [9.17, 15) is 0 Å². The Hall–Kier alpha value is -1.04. The van der Waals surface area contributed by atoms with Crippen LogP contribution in [0, 0.1) is 23.7 Å². The van der Waals surface area contributed by atoms with Gasteiger partial charge in [0.15, 0.2) is 0 Å². The van der Waals surface area contributed by atoms with Crippen LogP contribution >= 0.6 is 0 Å². The molecule has 3 aliphatic rings. The van der Waals surface area contributed by atoms with E-state index in [1.165, 1.54) is 0 Å². The van der Waals surface area contributed by atoms with Crippen molar-refractivity contribution in [3.8, 4) is 0 Å². The molecule has 0 aromatic heterocycles. The average molecular weight is 156 g/mol. The molecular formula is C12H12. The zero-order valence-electron chi connectivity index (χ0n) is 6.93. The van der Waals surface area contributed by atoms with Gasteiger partial charge in [0.2, 0.25) is 0 Å². The standard InChI is InChI=1S/C12H12/c1-2-4-11-10-6-5-9(3-1)12(11)8-7-10/h1-12H. The molecule has 0 heterocycles. The first-order valence-electron chi connectivity index (χ1n) is 4.67. The van der Waals surface area contributed by atoms with Crippen LogP contribution in [0.5, 0.6) is 0 Å². The molecule has 60 valence electrons. The van der Waals surface area contributed by atoms with E-state index in [4.69, 9.17) is 0 Å². The summed E-state index contributed by atoms with van der Waals surface area (Å²) in [6, 6.07) is 0. The largest absolute Gasteiger partial charge is 0.0833 e. The van der Waals surface area contributed by atoms with Gasteiger partial charge in [0.05, 0.1) is 0 Å². The summed E-state index contributed by atoms with van der Waals surface area (Å²) in [5.74, 6) is 2.83. The van der Waals surface area contributed by atoms with Gasteiger partial charge in [-0.2, -0.15) is 0 Å². The zero-order valence-corrected chi connectivity index (χ0v) is 6.93. The van der Waals surface area contributed by atoms with Gasteiger partial charge in [0.1, 0.15) is 0 Å². The number of hydrogen-bond acceptors (Lipinski definition) is 0. The van der Waals surface area contributed by atoms with Gasteiger partial charge < -0.3 is 0 Å². The van der Waals surface area contributed by atoms with Crippen LogP contribution < -0.4 is 0 Å². The number of hydrogen-bond donors (Lipinski definition) is 0. The second-order valence-electron chi connectivity index (χ2n) is 3.85. The van der Waals surface area contributed by atoms with Crippen LogP contribution in [0.15, 0.2) is 48.6 Å². The molecule has 3 rings (SSSR count). The van der Waals surface area contributed by atoms with Crippen molar-refractivity contribution < 1.29 is 0 Å². The van der Waals surface area contributed by atoms with Crippen molar-refractivity contribution in [2.45, 2.75) is 0 Å². The lowest BCUT2D eigenvalue weighted by Gasteiger charge is -2.27. The topological polar surface area (TPSA) is 0 Å². The van der Waals surface area contributed by atoms with Crippen LogP contribution in [-0.4, -0.2) is 0 Å². The molecule has 0 amide bonds. The summed E-state index contributed by atoms with van der Waals surface area (Å²) in [6.45, 7) is 0. The Kier molecular flexibility index (Phi) is 1.20. The van der Waals surface area contributed by atoms with Crippen LogP contribution in [0.25, 0.3) is 0 Å². The van der Waals surface area contributed by atoms with Gasteiger partial charge >= 0.3 is 0 Å². The summed E-state index contributed by atoms with van der Waals surface area (Å²) >= 11 is 0. The molecule has 0 heteroatoms. The van der Waals surface area contributed by atoms with Crippen LogP contribution in [0.2, 0.25) is 0 Å². The molecule has 0 fully saturated rings. The first-order chi connectivity index (χ1) is 5.95. The van der Waals surface area contributed by atoms with Gasteiger partial charge in [-0.15, -0.1) is 0 Å². The highest BCUT2D eigenvalue weighted by Crippen LogP contribution is 2.43. The van der Waals surface area contributed by atoms with E-state index < -0.39 is 0 Å². The van der Waals surface area contributed by atoms with E-state index in [0.29, 0.717) is 11.8 Å². The van der Waals surface area contributed by atoms with Crippen LogP contribution in [0.1, 0.15) is 0 Å². The van der Waals surface area contributed by atoms with Gasteiger partial charge in [-0.1, -0.05) is 48.6 Å². The number of rotatable bonds is 0. The zero-order chi connectivity index (χ0) is 7.97. The fraction of sp³-hybridized carbons (Fsp3) is 0.333. The second kappa shape index (κ2) is 2.22. The molecule has 0 aromatic carbocycles. The molecule has 0 radical (unpaired) electrons. The average Bonchev–Trinajstić information content (AvgIpc) is 2.27. The van der Waals surface area contributed by atoms with Crippen molar-refractivity contribution in [3.63, 3.8) is 0 Å². The van der Waals surface area contributed by atoms with Gasteiger partial charge in [0, 0.05) is 11.8 Å². The third-order valence-corrected chi connectivity index (χ3v) is 3.22. The predicted molar refractivity (Wildman–Crippen MR) is 50.5 cm³/mol. The van der Waals surface area contributed by atoms with Crippen molar-refractivity contribution in [1.29, 1.82) is 0 Å². The highest BCUT2D eigenvalue weighted by molar-refractivity contribution is 5.31. The predicted octanol–water partition coefficient (Wildman–Crippen LogP) is 2.72. The fourth-order valence-electron chi connectivity index (χ4n) is 2.57. The van der Waals surface area contributed by atoms with E-state index >= 15 is 0 Å². The van der Waals surface area contributed by atoms with E-state index in [0.717, 1.165) is 11.8 Å². The van der Waals surface area contributed by atoms with Gasteiger partial charge in [-0.3, -0.25) is 0 Å². The third kappa shape index (κ3) is 0.726. The van der Waals surface area contributed by atoms with Crippen LogP contribution in [0.4, 0.5) is 0 Å². The summed E-state index contributed by atoms with van der Waals surface area (Å²) < 4.78 is 0. The summed E-state index contributed by atoms with van der Waals surface area (Å²) in [7, 11) is 0. The Morgan fingerprint density at radius 2 is 1.08 bits per heavy atom. The molecule has 0 aliphatic heterocycles. The highest BCUT2D eigenvalue weighted by Gasteiger charge is 2.35. The minimum absolute atomic E-state index is 0.653. The molecule has 0 saturated carbocycles. The Morgan fingerprint density at radius 3 is 2.00 bits per heavy atom. The maximum atomic E-state index is 2.39. The quantitative estimate of drug-likeness (QED) is 0.473. The van der Waals surface area contributed by atoms with E-state index in [1.54, 1.807) is 0 Å². The SMILES string of the molecule is C1=CC2C=CC3C=CC2C3C=C1. The van der Waals surface area contributed by atoms with Crippen LogP contribution in [-0.2, 0) is 0 Å². The lowest BCUT2D eigenvalue weighted by atomic mass is 9.76. The van der Waals surface area contributed by atoms with E-state index in [1.807, 2.05) is 0 Å². The highest BCUT2D eigenvalue weighted by atomic mass is 14.4. The third-order valence-electron chi connectivity index (χ3n) is 3.22. The monoisotopic (exact) mass is 156 g/mol. The van der Waals surface area contributed by atoms with Gasteiger partial charge in [0.25, 0.3) is 0 Å². The Labute approximate surface area is 73.0 Å². The summed E-state index contributed by atoms with van der Waals surface area (Å²) in [6.07, 6.45) is 18.5. The smallest absolute Gasteiger partial charge is 0.00187 e. The molecule has 12 heavy (non-hydrogen) atoms. The van der Waals surface area contributed by atoms with Gasteiger partial charge in [-0.25, -0.2) is 0 Å². The molecule has 3 aliphatic carbocycles. The fourth-order valence-corrected chi connectivity index (χ4v) is 2.57. The van der Waals surface area contributed by atoms with Crippen molar-refractivity contribution in [2.24, 2.45) is 23.7 Å².